The predicted octanol–water partition coefficient (Wildman–Crippen LogP) is 5.29. The number of hydrogen-bond acceptors (Lipinski definition) is 10. The molecule has 2 atom stereocenters. The first-order valence-corrected chi connectivity index (χ1v) is 19.1. The third-order valence-electron chi connectivity index (χ3n) is 9.31. The van der Waals surface area contributed by atoms with Crippen molar-refractivity contribution in [1.82, 2.24) is 20.4 Å². The number of hydrogen-bond donors (Lipinski definition) is 2. The topological polar surface area (TPSA) is 170 Å². The summed E-state index contributed by atoms with van der Waals surface area (Å²) in [5.74, 6) is -1.92. The minimum atomic E-state index is -1.14. The van der Waals surface area contributed by atoms with Crippen molar-refractivity contribution in [3.63, 3.8) is 0 Å². The van der Waals surface area contributed by atoms with Crippen LogP contribution < -0.4 is 10.6 Å². The number of carbonyl (C=O) groups is 6. The number of piperazine rings is 1. The summed E-state index contributed by atoms with van der Waals surface area (Å²) >= 11 is 0. The summed E-state index contributed by atoms with van der Waals surface area (Å²) < 4.78 is 21.6. The number of amides is 4. The fourth-order valence-electron chi connectivity index (χ4n) is 6.03. The Kier molecular flexibility index (Phi) is 16.7. The fourth-order valence-corrected chi connectivity index (χ4v) is 6.03. The van der Waals surface area contributed by atoms with Crippen molar-refractivity contribution in [1.29, 1.82) is 0 Å². The molecule has 0 bridgehead atoms. The second-order valence-electron chi connectivity index (χ2n) is 13.5. The number of rotatable bonds is 18. The second kappa shape index (κ2) is 22.8. The number of carbonyl (C=O) groups excluding carboxylic acids is 6. The van der Waals surface area contributed by atoms with E-state index < -0.39 is 36.2 Å². The van der Waals surface area contributed by atoms with Crippen LogP contribution in [0.3, 0.4) is 0 Å². The van der Waals surface area contributed by atoms with Crippen LogP contribution in [0.2, 0.25) is 0 Å². The highest BCUT2D eigenvalue weighted by atomic mass is 16.6. The van der Waals surface area contributed by atoms with E-state index in [-0.39, 0.29) is 90.1 Å². The van der Waals surface area contributed by atoms with Crippen molar-refractivity contribution in [3.8, 4) is 0 Å². The molecule has 1 fully saturated rings. The van der Waals surface area contributed by atoms with Gasteiger partial charge in [0.15, 0.2) is 0 Å². The van der Waals surface area contributed by atoms with Gasteiger partial charge in [-0.05, 0) is 35.1 Å². The van der Waals surface area contributed by atoms with Crippen LogP contribution >= 0.6 is 0 Å². The average Bonchev–Trinajstić information content (AvgIpc) is 3.27. The molecule has 0 aromatic heterocycles. The van der Waals surface area contributed by atoms with E-state index >= 15 is 0 Å². The average molecular weight is 793 g/mol. The normalized spacial score (nSPS) is 13.3. The van der Waals surface area contributed by atoms with Gasteiger partial charge in [-0.2, -0.15) is 0 Å². The molecule has 304 valence electrons. The highest BCUT2D eigenvalue weighted by Gasteiger charge is 2.30. The molecule has 4 aromatic carbocycles. The minimum absolute atomic E-state index is 0.00278. The molecule has 4 aromatic rings. The first-order chi connectivity index (χ1) is 28.2. The molecule has 0 saturated carbocycles. The summed E-state index contributed by atoms with van der Waals surface area (Å²) in [5.41, 5.74) is 3.07. The molecule has 1 heterocycles. The van der Waals surface area contributed by atoms with Crippen molar-refractivity contribution >= 4 is 35.9 Å². The molecule has 1 saturated heterocycles. The van der Waals surface area contributed by atoms with Gasteiger partial charge in [0.05, 0.1) is 0 Å². The molecule has 4 amide bonds. The molecule has 14 heteroatoms. The monoisotopic (exact) mass is 792 g/mol. The summed E-state index contributed by atoms with van der Waals surface area (Å²) in [6, 6.07) is 34.0. The van der Waals surface area contributed by atoms with E-state index in [9.17, 15) is 28.8 Å². The maximum atomic E-state index is 13.3. The molecular formula is C44H48N4O10. The summed E-state index contributed by atoms with van der Waals surface area (Å²) in [7, 11) is 0. The predicted molar refractivity (Wildman–Crippen MR) is 211 cm³/mol. The van der Waals surface area contributed by atoms with Crippen LogP contribution in [-0.2, 0) is 64.6 Å². The Bertz CT molecular complexity index is 1780. The van der Waals surface area contributed by atoms with Crippen LogP contribution in [-0.4, -0.2) is 84.0 Å². The van der Waals surface area contributed by atoms with E-state index in [0.717, 1.165) is 22.3 Å². The van der Waals surface area contributed by atoms with Gasteiger partial charge in [0.1, 0.15) is 38.5 Å². The molecule has 2 N–H and O–H groups in total. The van der Waals surface area contributed by atoms with Gasteiger partial charge < -0.3 is 39.4 Å². The van der Waals surface area contributed by atoms with Crippen molar-refractivity contribution in [2.75, 3.05) is 26.2 Å². The molecule has 0 radical (unpaired) electrons. The molecule has 2 unspecified atom stereocenters. The SMILES string of the molecule is O=C(NC(CCC(=O)N1CCN(C(=O)CCC(NC(=O)OCc2ccccc2)C(=O)OCc2ccccc2)CC1)C(=O)OCc1ccccc1)OCc1ccccc1. The van der Waals surface area contributed by atoms with Crippen molar-refractivity contribution in [2.45, 2.75) is 64.2 Å². The highest BCUT2D eigenvalue weighted by Crippen LogP contribution is 2.13. The first-order valence-electron chi connectivity index (χ1n) is 19.1. The summed E-state index contributed by atoms with van der Waals surface area (Å²) in [4.78, 5) is 81.4. The molecule has 58 heavy (non-hydrogen) atoms. The minimum Gasteiger partial charge on any atom is -0.459 e. The smallest absolute Gasteiger partial charge is 0.408 e. The second-order valence-corrected chi connectivity index (χ2v) is 13.5. The van der Waals surface area contributed by atoms with Crippen molar-refractivity contribution < 1.29 is 47.7 Å². The Labute approximate surface area is 337 Å². The maximum absolute atomic E-state index is 13.3. The van der Waals surface area contributed by atoms with Gasteiger partial charge in [-0.15, -0.1) is 0 Å². The number of nitrogens with zero attached hydrogens (tertiary/aromatic N) is 2. The first kappa shape index (κ1) is 42.4. The molecule has 0 aliphatic carbocycles. The van der Waals surface area contributed by atoms with Crippen LogP contribution in [0.5, 0.6) is 0 Å². The van der Waals surface area contributed by atoms with Crippen LogP contribution in [0.4, 0.5) is 9.59 Å². The lowest BCUT2D eigenvalue weighted by molar-refractivity contribution is -0.149. The Morgan fingerprint density at radius 2 is 0.707 bits per heavy atom. The fraction of sp³-hybridized carbons (Fsp3) is 0.318. The quantitative estimate of drug-likeness (QED) is 0.0997. The van der Waals surface area contributed by atoms with E-state index in [1.54, 1.807) is 58.3 Å². The number of nitrogens with one attached hydrogen (secondary N) is 2. The van der Waals surface area contributed by atoms with Gasteiger partial charge in [0.25, 0.3) is 0 Å². The van der Waals surface area contributed by atoms with Gasteiger partial charge in [0, 0.05) is 39.0 Å². The van der Waals surface area contributed by atoms with Gasteiger partial charge >= 0.3 is 24.1 Å². The molecule has 5 rings (SSSR count). The highest BCUT2D eigenvalue weighted by molar-refractivity contribution is 5.84. The molecular weight excluding hydrogens is 745 g/mol. The zero-order valence-corrected chi connectivity index (χ0v) is 32.2. The van der Waals surface area contributed by atoms with Crippen LogP contribution in [0.15, 0.2) is 121 Å². The molecule has 1 aliphatic heterocycles. The third kappa shape index (κ3) is 14.4. The maximum Gasteiger partial charge on any atom is 0.408 e. The largest absolute Gasteiger partial charge is 0.459 e. The lowest BCUT2D eigenvalue weighted by Crippen LogP contribution is -2.51. The lowest BCUT2D eigenvalue weighted by Gasteiger charge is -2.35. The lowest BCUT2D eigenvalue weighted by atomic mass is 10.1. The zero-order valence-electron chi connectivity index (χ0n) is 32.2. The standard InChI is InChI=1S/C44H48N4O10/c49-39(23-21-37(41(51)55-29-33-13-5-1-6-14-33)45-43(53)57-31-35-17-9-3-10-18-35)47-25-27-48(28-26-47)40(50)24-22-38(42(52)56-30-34-15-7-2-8-16-34)46-44(54)58-32-36-19-11-4-12-20-36/h1-20,37-38H,21-32H2,(H,45,53)(H,46,54). The van der Waals surface area contributed by atoms with Crippen molar-refractivity contribution in [2.24, 2.45) is 0 Å². The Morgan fingerprint density at radius 3 is 1.00 bits per heavy atom. The van der Waals surface area contributed by atoms with Crippen LogP contribution in [0.1, 0.15) is 47.9 Å². The summed E-state index contributed by atoms with van der Waals surface area (Å²) in [6.45, 7) is 0.948. The number of alkyl carbamates (subject to hydrolysis) is 2. The van der Waals surface area contributed by atoms with E-state index in [0.29, 0.717) is 0 Å². The van der Waals surface area contributed by atoms with E-state index in [1.807, 2.05) is 72.8 Å². The Balaban J connectivity index is 1.09. The number of esters is 2. The van der Waals surface area contributed by atoms with E-state index in [2.05, 4.69) is 10.6 Å². The van der Waals surface area contributed by atoms with Gasteiger partial charge in [-0.1, -0.05) is 121 Å². The van der Waals surface area contributed by atoms with Crippen LogP contribution in [0.25, 0.3) is 0 Å². The molecule has 0 spiro atoms. The van der Waals surface area contributed by atoms with Crippen molar-refractivity contribution in [3.05, 3.63) is 144 Å². The zero-order chi connectivity index (χ0) is 41.0. The molecule has 14 nitrogen and oxygen atoms in total. The van der Waals surface area contributed by atoms with Gasteiger partial charge in [-0.3, -0.25) is 9.59 Å². The summed E-state index contributed by atoms with van der Waals surface area (Å²) in [6.07, 6.45) is -1.86. The summed E-state index contributed by atoms with van der Waals surface area (Å²) in [5, 5.41) is 5.10. The Hall–Kier alpha value is -6.70. The molecule has 1 aliphatic rings. The number of ether oxygens (including phenoxy) is 4. The van der Waals surface area contributed by atoms with Crippen LogP contribution in [0, 0.1) is 0 Å². The third-order valence-corrected chi connectivity index (χ3v) is 9.31. The van der Waals surface area contributed by atoms with E-state index in [1.165, 1.54) is 0 Å². The van der Waals surface area contributed by atoms with Gasteiger partial charge in [-0.25, -0.2) is 19.2 Å². The Morgan fingerprint density at radius 1 is 0.431 bits per heavy atom. The number of benzene rings is 4. The van der Waals surface area contributed by atoms with Gasteiger partial charge in [0.2, 0.25) is 11.8 Å². The van der Waals surface area contributed by atoms with E-state index in [4.69, 9.17) is 18.9 Å².